The Morgan fingerprint density at radius 1 is 1.13 bits per heavy atom. The van der Waals surface area contributed by atoms with Crippen LogP contribution < -0.4 is 10.6 Å². The summed E-state index contributed by atoms with van der Waals surface area (Å²) in [5.41, 5.74) is 2.41. The van der Waals surface area contributed by atoms with Gasteiger partial charge in [0.05, 0.1) is 13.2 Å². The number of nitrogens with one attached hydrogen (secondary N) is 2. The van der Waals surface area contributed by atoms with E-state index in [-0.39, 0.29) is 5.91 Å². The van der Waals surface area contributed by atoms with Gasteiger partial charge in [0.15, 0.2) is 11.5 Å². The first kappa shape index (κ1) is 21.2. The van der Waals surface area contributed by atoms with Crippen molar-refractivity contribution in [2.24, 2.45) is 0 Å². The first-order valence-electron chi connectivity index (χ1n) is 10.8. The molecule has 1 amide bonds. The van der Waals surface area contributed by atoms with Gasteiger partial charge in [0.2, 0.25) is 0 Å². The van der Waals surface area contributed by atoms with Gasteiger partial charge in [-0.05, 0) is 44.2 Å². The fraction of sp³-hybridized carbons (Fsp3) is 0.455. The van der Waals surface area contributed by atoms with Crippen molar-refractivity contribution >= 4 is 17.4 Å². The van der Waals surface area contributed by atoms with Crippen molar-refractivity contribution < 1.29 is 9.53 Å². The third-order valence-electron chi connectivity index (χ3n) is 5.30. The molecule has 0 radical (unpaired) electrons. The maximum atomic E-state index is 12.3. The molecule has 4 rings (SSSR count). The second-order valence-corrected chi connectivity index (χ2v) is 7.71. The van der Waals surface area contributed by atoms with Crippen LogP contribution in [0.3, 0.4) is 0 Å². The Bertz CT molecular complexity index is 1010. The minimum atomic E-state index is -0.0897. The number of aryl methyl sites for hydroxylation is 1. The van der Waals surface area contributed by atoms with E-state index in [0.29, 0.717) is 24.2 Å². The van der Waals surface area contributed by atoms with Gasteiger partial charge in [-0.2, -0.15) is 4.52 Å². The molecule has 1 aliphatic heterocycles. The number of benzene rings is 1. The number of fused-ring (bicyclic) bond motifs is 1. The van der Waals surface area contributed by atoms with Gasteiger partial charge in [0.25, 0.3) is 5.91 Å². The highest BCUT2D eigenvalue weighted by Crippen LogP contribution is 2.08. The predicted octanol–water partition coefficient (Wildman–Crippen LogP) is 1.54. The fourth-order valence-corrected chi connectivity index (χ4v) is 3.60. The van der Waals surface area contributed by atoms with Gasteiger partial charge in [0.1, 0.15) is 5.82 Å². The summed E-state index contributed by atoms with van der Waals surface area (Å²) in [5.74, 6) is 1.42. The molecule has 0 saturated carbocycles. The van der Waals surface area contributed by atoms with E-state index in [1.165, 1.54) is 0 Å². The highest BCUT2D eigenvalue weighted by molar-refractivity contribution is 5.94. The maximum absolute atomic E-state index is 12.3. The maximum Gasteiger partial charge on any atom is 0.251 e. The zero-order chi connectivity index (χ0) is 21.5. The minimum absolute atomic E-state index is 0.0897. The third kappa shape index (κ3) is 5.77. The number of carbonyl (C=O) groups is 1. The van der Waals surface area contributed by atoms with Gasteiger partial charge in [-0.3, -0.25) is 9.69 Å². The molecule has 0 bridgehead atoms. The number of morpholine rings is 1. The highest BCUT2D eigenvalue weighted by atomic mass is 16.5. The van der Waals surface area contributed by atoms with Crippen LogP contribution in [0.25, 0.3) is 5.65 Å². The normalized spacial score (nSPS) is 14.6. The number of ether oxygens (including phenoxy) is 1. The molecule has 9 heteroatoms. The van der Waals surface area contributed by atoms with E-state index in [1.807, 2.05) is 43.3 Å². The third-order valence-corrected chi connectivity index (χ3v) is 5.30. The van der Waals surface area contributed by atoms with Gasteiger partial charge >= 0.3 is 0 Å². The topological polar surface area (TPSA) is 96.7 Å². The summed E-state index contributed by atoms with van der Waals surface area (Å²) < 4.78 is 7.12. The van der Waals surface area contributed by atoms with Gasteiger partial charge in [-0.1, -0.05) is 17.7 Å². The van der Waals surface area contributed by atoms with E-state index in [4.69, 9.17) is 4.74 Å². The summed E-state index contributed by atoms with van der Waals surface area (Å²) in [5, 5.41) is 19.3. The molecule has 1 saturated heterocycles. The first-order valence-corrected chi connectivity index (χ1v) is 10.8. The molecule has 31 heavy (non-hydrogen) atoms. The van der Waals surface area contributed by atoms with Gasteiger partial charge in [-0.25, -0.2) is 0 Å². The Morgan fingerprint density at radius 3 is 2.84 bits per heavy atom. The molecule has 3 heterocycles. The SMILES string of the molecule is Cc1cccc(C(=O)NCCc2nnc3ccc(NCCCN4CCOCC4)nn23)c1. The van der Waals surface area contributed by atoms with Crippen LogP contribution in [0.5, 0.6) is 0 Å². The zero-order valence-corrected chi connectivity index (χ0v) is 17.9. The van der Waals surface area contributed by atoms with Gasteiger partial charge < -0.3 is 15.4 Å². The summed E-state index contributed by atoms with van der Waals surface area (Å²) in [6.45, 7) is 8.01. The lowest BCUT2D eigenvalue weighted by molar-refractivity contribution is 0.0378. The molecule has 3 aromatic rings. The molecule has 0 aliphatic carbocycles. The van der Waals surface area contributed by atoms with Crippen molar-refractivity contribution in [3.63, 3.8) is 0 Å². The molecular formula is C22H29N7O2. The van der Waals surface area contributed by atoms with E-state index in [2.05, 4.69) is 30.8 Å². The standard InChI is InChI=1S/C22H29N7O2/c1-17-4-2-5-18(16-17)22(30)24-10-8-21-26-25-20-7-6-19(27-29(20)21)23-9-3-11-28-12-14-31-15-13-28/h2,4-7,16H,3,8-15H2,1H3,(H,23,27)(H,24,30). The molecule has 1 aromatic carbocycles. The molecule has 0 unspecified atom stereocenters. The smallest absolute Gasteiger partial charge is 0.251 e. The Hall–Kier alpha value is -3.04. The van der Waals surface area contributed by atoms with Crippen LogP contribution in [-0.4, -0.2) is 76.6 Å². The lowest BCUT2D eigenvalue weighted by Gasteiger charge is -2.26. The minimum Gasteiger partial charge on any atom is -0.379 e. The Labute approximate surface area is 181 Å². The summed E-state index contributed by atoms with van der Waals surface area (Å²) in [6.07, 6.45) is 1.59. The average Bonchev–Trinajstić information content (AvgIpc) is 3.19. The molecule has 1 aliphatic rings. The van der Waals surface area contributed by atoms with Gasteiger partial charge in [-0.15, -0.1) is 15.3 Å². The lowest BCUT2D eigenvalue weighted by atomic mass is 10.1. The van der Waals surface area contributed by atoms with E-state index in [0.717, 1.165) is 63.0 Å². The van der Waals surface area contributed by atoms with Crippen LogP contribution in [0.4, 0.5) is 5.82 Å². The number of anilines is 1. The molecular weight excluding hydrogens is 394 g/mol. The molecule has 1 fully saturated rings. The van der Waals surface area contributed by atoms with Crippen LogP contribution in [0, 0.1) is 6.92 Å². The summed E-state index contributed by atoms with van der Waals surface area (Å²) in [4.78, 5) is 14.7. The van der Waals surface area contributed by atoms with Crippen LogP contribution in [0.2, 0.25) is 0 Å². The number of carbonyl (C=O) groups excluding carboxylic acids is 1. The van der Waals surface area contributed by atoms with Crippen LogP contribution in [-0.2, 0) is 11.2 Å². The Kier molecular flexibility index (Phi) is 7.06. The lowest BCUT2D eigenvalue weighted by Crippen LogP contribution is -2.37. The Balaban J connectivity index is 1.28. The van der Waals surface area contributed by atoms with Crippen molar-refractivity contribution in [3.05, 3.63) is 53.3 Å². The molecule has 2 aromatic heterocycles. The van der Waals surface area contributed by atoms with Crippen molar-refractivity contribution in [1.82, 2.24) is 30.0 Å². The summed E-state index contributed by atoms with van der Waals surface area (Å²) in [7, 11) is 0. The highest BCUT2D eigenvalue weighted by Gasteiger charge is 2.11. The number of hydrogen-bond acceptors (Lipinski definition) is 7. The fourth-order valence-electron chi connectivity index (χ4n) is 3.60. The quantitative estimate of drug-likeness (QED) is 0.504. The number of aromatic nitrogens is 4. The van der Waals surface area contributed by atoms with Gasteiger partial charge in [0, 0.05) is 38.2 Å². The van der Waals surface area contributed by atoms with Crippen LogP contribution in [0.15, 0.2) is 36.4 Å². The summed E-state index contributed by atoms with van der Waals surface area (Å²) in [6, 6.07) is 11.4. The van der Waals surface area contributed by atoms with Crippen molar-refractivity contribution in [1.29, 1.82) is 0 Å². The molecule has 164 valence electrons. The average molecular weight is 424 g/mol. The molecule has 9 nitrogen and oxygen atoms in total. The van der Waals surface area contributed by atoms with E-state index < -0.39 is 0 Å². The number of hydrogen-bond donors (Lipinski definition) is 2. The second kappa shape index (κ2) is 10.3. The van der Waals surface area contributed by atoms with Crippen molar-refractivity contribution in [2.45, 2.75) is 19.8 Å². The number of amides is 1. The predicted molar refractivity (Wildman–Crippen MR) is 118 cm³/mol. The first-order chi connectivity index (χ1) is 15.2. The van der Waals surface area contributed by atoms with E-state index >= 15 is 0 Å². The van der Waals surface area contributed by atoms with Crippen molar-refractivity contribution in [2.75, 3.05) is 51.3 Å². The van der Waals surface area contributed by atoms with E-state index in [9.17, 15) is 4.79 Å². The van der Waals surface area contributed by atoms with Crippen LogP contribution in [0.1, 0.15) is 28.2 Å². The molecule has 0 atom stereocenters. The monoisotopic (exact) mass is 423 g/mol. The van der Waals surface area contributed by atoms with Crippen molar-refractivity contribution in [3.8, 4) is 0 Å². The second-order valence-electron chi connectivity index (χ2n) is 7.71. The largest absolute Gasteiger partial charge is 0.379 e. The molecule has 0 spiro atoms. The molecule has 2 N–H and O–H groups in total. The van der Waals surface area contributed by atoms with Crippen LogP contribution >= 0.6 is 0 Å². The zero-order valence-electron chi connectivity index (χ0n) is 17.9. The summed E-state index contributed by atoms with van der Waals surface area (Å²) >= 11 is 0. The van der Waals surface area contributed by atoms with E-state index in [1.54, 1.807) is 4.52 Å². The Morgan fingerprint density at radius 2 is 2.00 bits per heavy atom. The number of nitrogens with zero attached hydrogens (tertiary/aromatic N) is 5. The number of rotatable bonds is 9.